The van der Waals surface area contributed by atoms with Gasteiger partial charge in [-0.05, 0) is 25.5 Å². The van der Waals surface area contributed by atoms with Crippen molar-refractivity contribution in [2.45, 2.75) is 13.8 Å². The third kappa shape index (κ3) is 1.01. The molecule has 0 aliphatic heterocycles. The van der Waals surface area contributed by atoms with Gasteiger partial charge in [-0.1, -0.05) is 17.1 Å². The van der Waals surface area contributed by atoms with Gasteiger partial charge in [0.2, 0.25) is 0 Å². The summed E-state index contributed by atoms with van der Waals surface area (Å²) in [5.74, 6) is 0.170. The summed E-state index contributed by atoms with van der Waals surface area (Å²) in [4.78, 5) is 0. The summed E-state index contributed by atoms with van der Waals surface area (Å²) in [7, 11) is 5.53. The van der Waals surface area contributed by atoms with Crippen molar-refractivity contribution in [2.75, 3.05) is 0 Å². The second-order valence-corrected chi connectivity index (χ2v) is 2.44. The number of phenols is 1. The van der Waals surface area contributed by atoms with Gasteiger partial charge in [0.05, 0.1) is 0 Å². The minimum atomic E-state index is 0.170. The molecule has 1 nitrogen and oxygen atoms in total. The fraction of sp³-hybridized carbons (Fsp3) is 0.250. The fourth-order valence-corrected chi connectivity index (χ4v) is 0.823. The summed E-state index contributed by atoms with van der Waals surface area (Å²) in [5, 5.41) is 9.10. The van der Waals surface area contributed by atoms with Crippen molar-refractivity contribution in [1.29, 1.82) is 0 Å². The Hall–Kier alpha value is -0.915. The number of aryl methyl sites for hydroxylation is 1. The van der Waals surface area contributed by atoms with E-state index in [4.69, 9.17) is 13.0 Å². The zero-order valence-corrected chi connectivity index (χ0v) is 6.18. The van der Waals surface area contributed by atoms with E-state index in [1.54, 1.807) is 6.07 Å². The molecule has 1 N–H and O–H groups in total. The summed E-state index contributed by atoms with van der Waals surface area (Å²) in [5.41, 5.74) is 2.55. The highest BCUT2D eigenvalue weighted by Gasteiger charge is 1.99. The first-order valence-electron chi connectivity index (χ1n) is 3.17. The average Bonchev–Trinajstić information content (AvgIpc) is 1.93. The minimum absolute atomic E-state index is 0.170. The summed E-state index contributed by atoms with van der Waals surface area (Å²) in [6.45, 7) is 3.86. The Labute approximate surface area is 62.1 Å². The molecule has 2 radical (unpaired) electrons. The number of benzene rings is 1. The third-order valence-corrected chi connectivity index (χ3v) is 1.76. The van der Waals surface area contributed by atoms with Crippen LogP contribution in [0.5, 0.6) is 5.75 Å². The molecule has 0 bridgehead atoms. The molecule has 0 aliphatic rings. The zero-order chi connectivity index (χ0) is 7.72. The topological polar surface area (TPSA) is 20.2 Å². The number of hydrogen-bond donors (Lipinski definition) is 1. The van der Waals surface area contributed by atoms with E-state index in [2.05, 4.69) is 0 Å². The van der Waals surface area contributed by atoms with Crippen LogP contribution >= 0.6 is 0 Å². The Morgan fingerprint density at radius 2 is 1.90 bits per heavy atom. The van der Waals surface area contributed by atoms with Crippen molar-refractivity contribution in [3.8, 4) is 5.75 Å². The molecule has 50 valence electrons. The second-order valence-electron chi connectivity index (χ2n) is 2.44. The minimum Gasteiger partial charge on any atom is -0.509 e. The Bertz CT molecular complexity index is 229. The maximum absolute atomic E-state index is 9.10. The second kappa shape index (κ2) is 2.37. The zero-order valence-electron chi connectivity index (χ0n) is 6.18. The smallest absolute Gasteiger partial charge is 0.119 e. The molecular formula is C8H9BO. The molecule has 0 heterocycles. The quantitative estimate of drug-likeness (QED) is 0.517. The number of hydrogen-bond acceptors (Lipinski definition) is 1. The van der Waals surface area contributed by atoms with Gasteiger partial charge >= 0.3 is 0 Å². The summed E-state index contributed by atoms with van der Waals surface area (Å²) in [6.07, 6.45) is 0. The number of rotatable bonds is 0. The summed E-state index contributed by atoms with van der Waals surface area (Å²) >= 11 is 0. The van der Waals surface area contributed by atoms with Gasteiger partial charge in [0.15, 0.2) is 0 Å². The maximum atomic E-state index is 9.10. The average molecular weight is 132 g/mol. The molecule has 2 heteroatoms. The van der Waals surface area contributed by atoms with E-state index in [1.807, 2.05) is 19.9 Å². The molecule has 0 saturated carbocycles. The number of phenolic OH excluding ortho intramolecular Hbond substituents is 1. The lowest BCUT2D eigenvalue weighted by Gasteiger charge is -2.05. The highest BCUT2D eigenvalue weighted by molar-refractivity contribution is 6.35. The first kappa shape index (κ1) is 7.20. The van der Waals surface area contributed by atoms with E-state index >= 15 is 0 Å². The van der Waals surface area contributed by atoms with E-state index in [1.165, 1.54) is 0 Å². The van der Waals surface area contributed by atoms with Crippen LogP contribution in [-0.2, 0) is 0 Å². The van der Waals surface area contributed by atoms with Crippen LogP contribution in [0.4, 0.5) is 0 Å². The van der Waals surface area contributed by atoms with E-state index in [0.717, 1.165) is 11.1 Å². The van der Waals surface area contributed by atoms with Crippen LogP contribution in [0.3, 0.4) is 0 Å². The first-order valence-corrected chi connectivity index (χ1v) is 3.17. The van der Waals surface area contributed by atoms with E-state index in [0.29, 0.717) is 5.46 Å². The standard InChI is InChI=1S/C8H9BO/c1-5-3-4-7(10)8(9)6(5)2/h3-4,10H,1-2H3. The first-order chi connectivity index (χ1) is 4.63. The molecular weight excluding hydrogens is 123 g/mol. The Morgan fingerprint density at radius 1 is 1.30 bits per heavy atom. The Balaban J connectivity index is 3.34. The van der Waals surface area contributed by atoms with E-state index < -0.39 is 0 Å². The molecule has 0 unspecified atom stereocenters. The van der Waals surface area contributed by atoms with Crippen LogP contribution in [0.25, 0.3) is 0 Å². The van der Waals surface area contributed by atoms with Crippen molar-refractivity contribution in [3.63, 3.8) is 0 Å². The molecule has 1 rings (SSSR count). The predicted molar refractivity (Wildman–Crippen MR) is 43.0 cm³/mol. The summed E-state index contributed by atoms with van der Waals surface area (Å²) in [6, 6.07) is 3.46. The molecule has 0 aromatic heterocycles. The molecule has 1 aromatic carbocycles. The van der Waals surface area contributed by atoms with Crippen LogP contribution in [-0.4, -0.2) is 13.0 Å². The molecule has 10 heavy (non-hydrogen) atoms. The van der Waals surface area contributed by atoms with Gasteiger partial charge in [-0.2, -0.15) is 0 Å². The predicted octanol–water partition coefficient (Wildman–Crippen LogP) is 0.803. The third-order valence-electron chi connectivity index (χ3n) is 1.76. The van der Waals surface area contributed by atoms with Gasteiger partial charge in [0, 0.05) is 0 Å². The van der Waals surface area contributed by atoms with Crippen LogP contribution < -0.4 is 5.46 Å². The van der Waals surface area contributed by atoms with E-state index in [-0.39, 0.29) is 5.75 Å². The molecule has 0 fully saturated rings. The van der Waals surface area contributed by atoms with Crippen LogP contribution in [0.15, 0.2) is 12.1 Å². The van der Waals surface area contributed by atoms with Gasteiger partial charge in [-0.3, -0.25) is 0 Å². The lowest BCUT2D eigenvalue weighted by atomic mass is 9.88. The molecule has 0 spiro atoms. The van der Waals surface area contributed by atoms with Crippen molar-refractivity contribution in [3.05, 3.63) is 23.3 Å². The molecule has 0 amide bonds. The largest absolute Gasteiger partial charge is 0.509 e. The Kier molecular flexibility index (Phi) is 1.71. The van der Waals surface area contributed by atoms with Gasteiger partial charge in [-0.25, -0.2) is 0 Å². The van der Waals surface area contributed by atoms with Gasteiger partial charge < -0.3 is 5.11 Å². The molecule has 0 atom stereocenters. The van der Waals surface area contributed by atoms with Crippen molar-refractivity contribution < 1.29 is 5.11 Å². The van der Waals surface area contributed by atoms with Crippen molar-refractivity contribution in [2.24, 2.45) is 0 Å². The SMILES string of the molecule is [B]c1c(O)ccc(C)c1C. The lowest BCUT2D eigenvalue weighted by Crippen LogP contribution is -2.08. The fourth-order valence-electron chi connectivity index (χ4n) is 0.823. The van der Waals surface area contributed by atoms with E-state index in [9.17, 15) is 0 Å². The van der Waals surface area contributed by atoms with Crippen molar-refractivity contribution >= 4 is 13.3 Å². The van der Waals surface area contributed by atoms with Gasteiger partial charge in [0.1, 0.15) is 13.6 Å². The monoisotopic (exact) mass is 132 g/mol. The summed E-state index contributed by atoms with van der Waals surface area (Å²) < 4.78 is 0. The molecule has 0 saturated heterocycles. The number of aromatic hydroxyl groups is 1. The van der Waals surface area contributed by atoms with Crippen LogP contribution in [0.1, 0.15) is 11.1 Å². The molecule has 0 aliphatic carbocycles. The highest BCUT2D eigenvalue weighted by Crippen LogP contribution is 2.10. The maximum Gasteiger partial charge on any atom is 0.119 e. The van der Waals surface area contributed by atoms with Crippen LogP contribution in [0.2, 0.25) is 0 Å². The van der Waals surface area contributed by atoms with Crippen LogP contribution in [0, 0.1) is 13.8 Å². The van der Waals surface area contributed by atoms with Gasteiger partial charge in [-0.15, -0.1) is 0 Å². The Morgan fingerprint density at radius 3 is 2.40 bits per heavy atom. The highest BCUT2D eigenvalue weighted by atomic mass is 16.3. The van der Waals surface area contributed by atoms with Gasteiger partial charge in [0.25, 0.3) is 0 Å². The normalized spacial score (nSPS) is 9.80. The molecule has 1 aromatic rings. The van der Waals surface area contributed by atoms with Crippen molar-refractivity contribution in [1.82, 2.24) is 0 Å². The lowest BCUT2D eigenvalue weighted by molar-refractivity contribution is 0.479.